The molecule has 0 amide bonds. The summed E-state index contributed by atoms with van der Waals surface area (Å²) < 4.78 is 2.04. The molecule has 6 rings (SSSR count). The third-order valence-corrected chi connectivity index (χ3v) is 7.79. The molecule has 0 aliphatic heterocycles. The number of nitrogens with zero attached hydrogens (tertiary/aromatic N) is 3. The van der Waals surface area contributed by atoms with Crippen LogP contribution in [-0.2, 0) is 19.3 Å². The van der Waals surface area contributed by atoms with Gasteiger partial charge >= 0.3 is 0 Å². The molecule has 3 aromatic carbocycles. The predicted molar refractivity (Wildman–Crippen MR) is 138 cm³/mol. The summed E-state index contributed by atoms with van der Waals surface area (Å²) in [5.41, 5.74) is 7.59. The van der Waals surface area contributed by atoms with E-state index in [0.717, 1.165) is 58.3 Å². The lowest BCUT2D eigenvalue weighted by Crippen LogP contribution is -2.06. The number of thioether (sulfide) groups is 1. The summed E-state index contributed by atoms with van der Waals surface area (Å²) in [6.07, 6.45) is 3.85. The molecule has 5 heteroatoms. The van der Waals surface area contributed by atoms with Gasteiger partial charge in [0.1, 0.15) is 6.07 Å². The lowest BCUT2D eigenvalue weighted by atomic mass is 9.98. The number of fused-ring (bicyclic) bond motifs is 3. The van der Waals surface area contributed by atoms with Crippen LogP contribution < -0.4 is 0 Å². The molecular formula is C29H23N3OS. The minimum Gasteiger partial charge on any atom is -0.293 e. The molecule has 0 fully saturated rings. The van der Waals surface area contributed by atoms with Crippen molar-refractivity contribution in [1.82, 2.24) is 9.38 Å². The molecule has 2 aromatic heterocycles. The normalized spacial score (nSPS) is 12.6. The molecule has 166 valence electrons. The summed E-state index contributed by atoms with van der Waals surface area (Å²) in [7, 11) is 0. The van der Waals surface area contributed by atoms with Crippen molar-refractivity contribution in [2.45, 2.75) is 37.6 Å². The number of para-hydroxylation sites is 2. The molecule has 0 spiro atoms. The van der Waals surface area contributed by atoms with E-state index in [-0.39, 0.29) is 5.78 Å². The highest BCUT2D eigenvalue weighted by Gasteiger charge is 2.21. The number of rotatable bonds is 6. The maximum absolute atomic E-state index is 13.4. The van der Waals surface area contributed by atoms with Crippen LogP contribution in [0.4, 0.5) is 0 Å². The predicted octanol–water partition coefficient (Wildman–Crippen LogP) is 6.54. The Balaban J connectivity index is 1.43. The van der Waals surface area contributed by atoms with Crippen LogP contribution in [-0.4, -0.2) is 20.9 Å². The standard InChI is InChI=1S/C29H23N3OS/c1-2-6-20-15-27(32-25-10-4-3-9-24(25)31-29(32)23(20)16-30)34-17-26(33)21-14-13-19-12-11-18-7-5-8-22(21)28(18)19/h3-5,7-10,13-15H,2,6,11-12,17H2,1H3. The Morgan fingerprint density at radius 2 is 1.91 bits per heavy atom. The molecular weight excluding hydrogens is 438 g/mol. The fourth-order valence-electron chi connectivity index (χ4n) is 5.25. The zero-order chi connectivity index (χ0) is 23.2. The Bertz CT molecular complexity index is 1650. The first-order chi connectivity index (χ1) is 16.7. The first kappa shape index (κ1) is 20.9. The van der Waals surface area contributed by atoms with Gasteiger partial charge in [-0.15, -0.1) is 0 Å². The summed E-state index contributed by atoms with van der Waals surface area (Å²) in [6.45, 7) is 2.11. The van der Waals surface area contributed by atoms with Crippen molar-refractivity contribution in [3.8, 4) is 6.07 Å². The number of carbonyl (C=O) groups excluding carboxylic acids is 1. The van der Waals surface area contributed by atoms with E-state index in [1.165, 1.54) is 28.3 Å². The van der Waals surface area contributed by atoms with Crippen LogP contribution >= 0.6 is 11.8 Å². The lowest BCUT2D eigenvalue weighted by molar-refractivity contribution is 0.102. The van der Waals surface area contributed by atoms with Gasteiger partial charge < -0.3 is 0 Å². The van der Waals surface area contributed by atoms with E-state index >= 15 is 0 Å². The lowest BCUT2D eigenvalue weighted by Gasteiger charge is -2.12. The van der Waals surface area contributed by atoms with Crippen molar-refractivity contribution in [1.29, 1.82) is 5.26 Å². The monoisotopic (exact) mass is 461 g/mol. The Kier molecular flexibility index (Phi) is 5.12. The van der Waals surface area contributed by atoms with E-state index in [2.05, 4.69) is 43.3 Å². The van der Waals surface area contributed by atoms with Crippen LogP contribution in [0.1, 0.15) is 46.0 Å². The molecule has 0 unspecified atom stereocenters. The van der Waals surface area contributed by atoms with Gasteiger partial charge in [-0.1, -0.05) is 67.6 Å². The van der Waals surface area contributed by atoms with E-state index in [0.29, 0.717) is 17.0 Å². The number of pyridine rings is 1. The van der Waals surface area contributed by atoms with Crippen molar-refractivity contribution >= 4 is 45.0 Å². The van der Waals surface area contributed by atoms with Crippen molar-refractivity contribution < 1.29 is 4.79 Å². The Labute approximate surface area is 202 Å². The minimum atomic E-state index is 0.125. The molecule has 0 radical (unpaired) electrons. The Hall–Kier alpha value is -3.62. The highest BCUT2D eigenvalue weighted by Crippen LogP contribution is 2.34. The summed E-state index contributed by atoms with van der Waals surface area (Å²) in [6, 6.07) is 22.8. The molecule has 0 saturated carbocycles. The third kappa shape index (κ3) is 3.21. The summed E-state index contributed by atoms with van der Waals surface area (Å²) in [4.78, 5) is 18.2. The highest BCUT2D eigenvalue weighted by atomic mass is 32.2. The van der Waals surface area contributed by atoms with Crippen LogP contribution in [0.25, 0.3) is 27.5 Å². The number of hydrogen-bond acceptors (Lipinski definition) is 4. The second kappa shape index (κ2) is 8.30. The number of Topliss-reactive ketones (excluding diaryl/α,β-unsaturated/α-hetero) is 1. The Morgan fingerprint density at radius 1 is 1.09 bits per heavy atom. The van der Waals surface area contributed by atoms with E-state index < -0.39 is 0 Å². The first-order valence-electron chi connectivity index (χ1n) is 11.7. The molecule has 34 heavy (non-hydrogen) atoms. The summed E-state index contributed by atoms with van der Waals surface area (Å²) in [5, 5.41) is 13.2. The average molecular weight is 462 g/mol. The van der Waals surface area contributed by atoms with Crippen LogP contribution in [0.5, 0.6) is 0 Å². The molecule has 1 aliphatic carbocycles. The molecule has 0 N–H and O–H groups in total. The van der Waals surface area contributed by atoms with E-state index in [9.17, 15) is 10.1 Å². The van der Waals surface area contributed by atoms with E-state index in [1.807, 2.05) is 34.7 Å². The fourth-order valence-corrected chi connectivity index (χ4v) is 6.22. The zero-order valence-corrected chi connectivity index (χ0v) is 19.8. The number of aromatic nitrogens is 2. The number of benzene rings is 3. The van der Waals surface area contributed by atoms with Crippen LogP contribution in [0.2, 0.25) is 0 Å². The van der Waals surface area contributed by atoms with Crippen molar-refractivity contribution in [3.63, 3.8) is 0 Å². The quantitative estimate of drug-likeness (QED) is 0.213. The van der Waals surface area contributed by atoms with Crippen LogP contribution in [0.15, 0.2) is 65.7 Å². The van der Waals surface area contributed by atoms with Crippen molar-refractivity contribution in [2.75, 3.05) is 5.75 Å². The Morgan fingerprint density at radius 3 is 2.74 bits per heavy atom. The average Bonchev–Trinajstić information content (AvgIpc) is 3.46. The van der Waals surface area contributed by atoms with Gasteiger partial charge in [0.05, 0.1) is 27.4 Å². The highest BCUT2D eigenvalue weighted by molar-refractivity contribution is 8.00. The van der Waals surface area contributed by atoms with Gasteiger partial charge in [-0.2, -0.15) is 5.26 Å². The second-order valence-corrected chi connectivity index (χ2v) is 9.82. The van der Waals surface area contributed by atoms with E-state index in [4.69, 9.17) is 4.98 Å². The van der Waals surface area contributed by atoms with Crippen molar-refractivity contribution in [3.05, 3.63) is 88.5 Å². The van der Waals surface area contributed by atoms with Crippen LogP contribution in [0.3, 0.4) is 0 Å². The number of nitriles is 1. The molecule has 0 bridgehead atoms. The second-order valence-electron chi connectivity index (χ2n) is 8.83. The van der Waals surface area contributed by atoms with Crippen molar-refractivity contribution in [2.24, 2.45) is 0 Å². The van der Waals surface area contributed by atoms with E-state index in [1.54, 1.807) is 0 Å². The topological polar surface area (TPSA) is 58.2 Å². The fraction of sp³-hybridized carbons (Fsp3) is 0.207. The smallest absolute Gasteiger partial charge is 0.173 e. The minimum absolute atomic E-state index is 0.125. The van der Waals surface area contributed by atoms with Gasteiger partial charge in [0.2, 0.25) is 0 Å². The molecule has 0 saturated heterocycles. The number of ketones is 1. The number of aryl methyl sites for hydroxylation is 3. The van der Waals surface area contributed by atoms with Gasteiger partial charge in [-0.05, 0) is 64.9 Å². The first-order valence-corrected chi connectivity index (χ1v) is 12.7. The number of carbonyl (C=O) groups is 1. The summed E-state index contributed by atoms with van der Waals surface area (Å²) in [5.74, 6) is 0.456. The zero-order valence-electron chi connectivity index (χ0n) is 19.0. The number of imidazole rings is 1. The van der Waals surface area contributed by atoms with Gasteiger partial charge in [-0.3, -0.25) is 9.20 Å². The van der Waals surface area contributed by atoms with Gasteiger partial charge in [0.25, 0.3) is 0 Å². The molecule has 1 aliphatic rings. The maximum Gasteiger partial charge on any atom is 0.173 e. The largest absolute Gasteiger partial charge is 0.293 e. The molecule has 4 nitrogen and oxygen atoms in total. The van der Waals surface area contributed by atoms with Gasteiger partial charge in [0.15, 0.2) is 11.4 Å². The maximum atomic E-state index is 13.4. The van der Waals surface area contributed by atoms with Gasteiger partial charge in [0, 0.05) is 5.56 Å². The molecule has 5 aromatic rings. The van der Waals surface area contributed by atoms with Gasteiger partial charge in [-0.25, -0.2) is 4.98 Å². The third-order valence-electron chi connectivity index (χ3n) is 6.78. The van der Waals surface area contributed by atoms with Crippen LogP contribution in [0, 0.1) is 11.3 Å². The SMILES string of the molecule is CCCc1cc(SCC(=O)c2ccc3c4c(cccc24)CC3)n2c(nc3ccccc32)c1C#N. The molecule has 0 atom stereocenters. The summed E-state index contributed by atoms with van der Waals surface area (Å²) >= 11 is 1.53. The number of hydrogen-bond donors (Lipinski definition) is 0. The molecule has 2 heterocycles.